The molecule has 0 bridgehead atoms. The van der Waals surface area contributed by atoms with Gasteiger partial charge in [0, 0.05) is 26.4 Å². The van der Waals surface area contributed by atoms with Crippen molar-refractivity contribution in [3.8, 4) is 11.4 Å². The molecule has 0 N–H and O–H groups in total. The molecular formula is C17H23F3N2OSi. The number of hydrogen-bond acceptors (Lipinski definition) is 2. The number of aryl methyl sites for hydroxylation is 1. The molecule has 0 spiro atoms. The van der Waals surface area contributed by atoms with Gasteiger partial charge in [-0.25, -0.2) is 4.98 Å². The van der Waals surface area contributed by atoms with Crippen molar-refractivity contribution in [3.05, 3.63) is 41.7 Å². The van der Waals surface area contributed by atoms with Gasteiger partial charge in [-0.15, -0.1) is 0 Å². The standard InChI is InChI=1S/C17H23F3N2OSi/c1-13-11-22(12-23-8-9-24(2,3)4)16(21-13)14-6-5-7-15(10-14)17(18,19)20/h5-7,10-11H,8-9,12H2,1-4H3. The molecule has 7 heteroatoms. The maximum Gasteiger partial charge on any atom is 0.416 e. The van der Waals surface area contributed by atoms with Gasteiger partial charge in [0.1, 0.15) is 12.6 Å². The lowest BCUT2D eigenvalue weighted by Gasteiger charge is -2.16. The Morgan fingerprint density at radius 3 is 2.54 bits per heavy atom. The largest absolute Gasteiger partial charge is 0.416 e. The van der Waals surface area contributed by atoms with Crippen molar-refractivity contribution in [2.24, 2.45) is 0 Å². The number of halogens is 3. The number of benzene rings is 1. The fourth-order valence-corrected chi connectivity index (χ4v) is 3.01. The minimum atomic E-state index is -4.36. The van der Waals surface area contributed by atoms with E-state index in [9.17, 15) is 13.2 Å². The first-order chi connectivity index (χ1) is 11.1. The minimum Gasteiger partial charge on any atom is -0.361 e. The Hall–Kier alpha value is -1.60. The van der Waals surface area contributed by atoms with Crippen LogP contribution in [-0.4, -0.2) is 24.2 Å². The van der Waals surface area contributed by atoms with E-state index in [1.807, 2.05) is 6.92 Å². The van der Waals surface area contributed by atoms with Gasteiger partial charge < -0.3 is 9.30 Å². The molecule has 0 unspecified atom stereocenters. The highest BCUT2D eigenvalue weighted by molar-refractivity contribution is 6.76. The Bertz CT molecular complexity index is 690. The topological polar surface area (TPSA) is 27.1 Å². The lowest BCUT2D eigenvalue weighted by Crippen LogP contribution is -2.22. The van der Waals surface area contributed by atoms with Gasteiger partial charge in [0.15, 0.2) is 0 Å². The Balaban J connectivity index is 2.17. The van der Waals surface area contributed by atoms with Gasteiger partial charge in [-0.2, -0.15) is 13.2 Å². The quantitative estimate of drug-likeness (QED) is 0.526. The van der Waals surface area contributed by atoms with E-state index in [1.54, 1.807) is 16.8 Å². The SMILES string of the molecule is Cc1cn(COCC[Si](C)(C)C)c(-c2cccc(C(F)(F)F)c2)n1. The fraction of sp³-hybridized carbons (Fsp3) is 0.471. The second-order valence-electron chi connectivity index (χ2n) is 7.10. The van der Waals surface area contributed by atoms with E-state index in [1.165, 1.54) is 6.07 Å². The first kappa shape index (κ1) is 18.7. The molecule has 0 aliphatic carbocycles. The van der Waals surface area contributed by atoms with Crippen molar-refractivity contribution in [3.63, 3.8) is 0 Å². The molecule has 3 nitrogen and oxygen atoms in total. The molecule has 2 aromatic rings. The van der Waals surface area contributed by atoms with Crippen molar-refractivity contribution < 1.29 is 17.9 Å². The van der Waals surface area contributed by atoms with Gasteiger partial charge in [-0.1, -0.05) is 31.8 Å². The predicted molar refractivity (Wildman–Crippen MR) is 91.5 cm³/mol. The molecule has 132 valence electrons. The molecule has 24 heavy (non-hydrogen) atoms. The maximum absolute atomic E-state index is 12.9. The highest BCUT2D eigenvalue weighted by Gasteiger charge is 2.30. The van der Waals surface area contributed by atoms with Crippen LogP contribution >= 0.6 is 0 Å². The average Bonchev–Trinajstić information content (AvgIpc) is 2.83. The number of aromatic nitrogens is 2. The molecule has 0 amide bonds. The van der Waals surface area contributed by atoms with Gasteiger partial charge in [-0.05, 0) is 25.1 Å². The first-order valence-corrected chi connectivity index (χ1v) is 11.6. The third-order valence-electron chi connectivity index (χ3n) is 3.57. The summed E-state index contributed by atoms with van der Waals surface area (Å²) < 4.78 is 46.2. The smallest absolute Gasteiger partial charge is 0.361 e. The molecule has 0 saturated carbocycles. The summed E-state index contributed by atoms with van der Waals surface area (Å²) in [5.41, 5.74) is 0.509. The van der Waals surface area contributed by atoms with Crippen LogP contribution in [0.5, 0.6) is 0 Å². The Morgan fingerprint density at radius 1 is 1.21 bits per heavy atom. The highest BCUT2D eigenvalue weighted by atomic mass is 28.3. The molecular weight excluding hydrogens is 333 g/mol. The molecule has 0 radical (unpaired) electrons. The van der Waals surface area contributed by atoms with E-state index in [4.69, 9.17) is 4.74 Å². The number of imidazole rings is 1. The van der Waals surface area contributed by atoms with E-state index in [0.717, 1.165) is 23.9 Å². The van der Waals surface area contributed by atoms with Gasteiger partial charge in [0.25, 0.3) is 0 Å². The fourth-order valence-electron chi connectivity index (χ4n) is 2.25. The summed E-state index contributed by atoms with van der Waals surface area (Å²) in [4.78, 5) is 4.36. The molecule has 0 aliphatic rings. The van der Waals surface area contributed by atoms with E-state index in [0.29, 0.717) is 18.0 Å². The van der Waals surface area contributed by atoms with Crippen LogP contribution in [-0.2, 0) is 17.6 Å². The molecule has 0 saturated heterocycles. The molecule has 0 atom stereocenters. The maximum atomic E-state index is 12.9. The van der Waals surface area contributed by atoms with E-state index in [2.05, 4.69) is 24.6 Å². The summed E-state index contributed by atoms with van der Waals surface area (Å²) in [6.45, 7) is 9.56. The zero-order valence-corrected chi connectivity index (χ0v) is 15.4. The van der Waals surface area contributed by atoms with Gasteiger partial charge >= 0.3 is 6.18 Å². The van der Waals surface area contributed by atoms with Crippen molar-refractivity contribution in [2.45, 2.75) is 45.5 Å². The number of nitrogens with zero attached hydrogens (tertiary/aromatic N) is 2. The Labute approximate surface area is 141 Å². The summed E-state index contributed by atoms with van der Waals surface area (Å²) in [6, 6.07) is 6.27. The van der Waals surface area contributed by atoms with Gasteiger partial charge in [0.05, 0.1) is 11.3 Å². The molecule has 0 aliphatic heterocycles. The van der Waals surface area contributed by atoms with Crippen molar-refractivity contribution in [1.29, 1.82) is 0 Å². The van der Waals surface area contributed by atoms with Crippen LogP contribution in [0.4, 0.5) is 13.2 Å². The Morgan fingerprint density at radius 2 is 1.92 bits per heavy atom. The molecule has 1 aromatic heterocycles. The zero-order chi connectivity index (χ0) is 18.0. The summed E-state index contributed by atoms with van der Waals surface area (Å²) in [6.07, 6.45) is -2.57. The van der Waals surface area contributed by atoms with Crippen molar-refractivity contribution >= 4 is 8.07 Å². The summed E-state index contributed by atoms with van der Waals surface area (Å²) in [7, 11) is -1.17. The third kappa shape index (κ3) is 5.21. The predicted octanol–water partition coefficient (Wildman–Crippen LogP) is 5.19. The normalized spacial score (nSPS) is 12.6. The summed E-state index contributed by atoms with van der Waals surface area (Å²) in [5.74, 6) is 0.492. The minimum absolute atomic E-state index is 0.289. The van der Waals surface area contributed by atoms with E-state index >= 15 is 0 Å². The van der Waals surface area contributed by atoms with Crippen LogP contribution < -0.4 is 0 Å². The molecule has 0 fully saturated rings. The number of alkyl halides is 3. The summed E-state index contributed by atoms with van der Waals surface area (Å²) in [5, 5.41) is 0. The second kappa shape index (κ2) is 7.10. The summed E-state index contributed by atoms with van der Waals surface area (Å²) >= 11 is 0. The number of hydrogen-bond donors (Lipinski definition) is 0. The molecule has 1 heterocycles. The van der Waals surface area contributed by atoms with Gasteiger partial charge in [0.2, 0.25) is 0 Å². The first-order valence-electron chi connectivity index (χ1n) is 7.85. The lowest BCUT2D eigenvalue weighted by atomic mass is 10.1. The monoisotopic (exact) mass is 356 g/mol. The van der Waals surface area contributed by atoms with Crippen LogP contribution in [0.25, 0.3) is 11.4 Å². The van der Waals surface area contributed by atoms with Crippen molar-refractivity contribution in [1.82, 2.24) is 9.55 Å². The van der Waals surface area contributed by atoms with E-state index < -0.39 is 19.8 Å². The van der Waals surface area contributed by atoms with Crippen LogP contribution in [0.1, 0.15) is 11.3 Å². The molecule has 2 rings (SSSR count). The average molecular weight is 356 g/mol. The second-order valence-corrected chi connectivity index (χ2v) is 12.7. The Kier molecular flexibility index (Phi) is 5.55. The van der Waals surface area contributed by atoms with Crippen LogP contribution in [0.15, 0.2) is 30.5 Å². The van der Waals surface area contributed by atoms with Gasteiger partial charge in [-0.3, -0.25) is 0 Å². The highest BCUT2D eigenvalue weighted by Crippen LogP contribution is 2.32. The van der Waals surface area contributed by atoms with Crippen LogP contribution in [0.3, 0.4) is 0 Å². The number of ether oxygens (including phenoxy) is 1. The lowest BCUT2D eigenvalue weighted by molar-refractivity contribution is -0.137. The van der Waals surface area contributed by atoms with Crippen molar-refractivity contribution in [2.75, 3.05) is 6.61 Å². The van der Waals surface area contributed by atoms with Crippen LogP contribution in [0, 0.1) is 6.92 Å². The zero-order valence-electron chi connectivity index (χ0n) is 14.4. The number of rotatable bonds is 6. The third-order valence-corrected chi connectivity index (χ3v) is 5.28. The van der Waals surface area contributed by atoms with E-state index in [-0.39, 0.29) is 6.73 Å². The molecule has 1 aromatic carbocycles. The van der Waals surface area contributed by atoms with Crippen LogP contribution in [0.2, 0.25) is 25.7 Å².